The van der Waals surface area contributed by atoms with Crippen LogP contribution in [0.4, 0.5) is 0 Å². The molecule has 0 spiro atoms. The van der Waals surface area contributed by atoms with E-state index in [4.69, 9.17) is 5.11 Å². The van der Waals surface area contributed by atoms with E-state index < -0.39 is 5.97 Å². The van der Waals surface area contributed by atoms with Gasteiger partial charge in [0.05, 0.1) is 0 Å². The molecule has 0 fully saturated rings. The number of carbonyl (C=O) groups is 1. The molecule has 2 nitrogen and oxygen atoms in total. The van der Waals surface area contributed by atoms with Crippen molar-refractivity contribution in [1.82, 2.24) is 0 Å². The molecule has 1 unspecified atom stereocenters. The molecule has 0 amide bonds. The standard InChI is InChI=1S/C21H40O2/c1-3-20(2)18-16-14-12-10-8-6-4-5-7-9-11-13-15-17-19-21(22)23/h17,19-20H,3-16,18H2,1-2H3,(H,22,23). The van der Waals surface area contributed by atoms with Gasteiger partial charge < -0.3 is 5.11 Å². The molecular formula is C21H40O2. The Morgan fingerprint density at radius 2 is 1.26 bits per heavy atom. The monoisotopic (exact) mass is 324 g/mol. The van der Waals surface area contributed by atoms with Crippen LogP contribution in [0.1, 0.15) is 110 Å². The molecule has 1 N–H and O–H groups in total. The summed E-state index contributed by atoms with van der Waals surface area (Å²) in [4.78, 5) is 10.3. The summed E-state index contributed by atoms with van der Waals surface area (Å²) in [5.41, 5.74) is 0. The fourth-order valence-electron chi connectivity index (χ4n) is 2.91. The quantitative estimate of drug-likeness (QED) is 0.228. The third kappa shape index (κ3) is 19.2. The zero-order chi connectivity index (χ0) is 17.2. The lowest BCUT2D eigenvalue weighted by atomic mass is 9.99. The van der Waals surface area contributed by atoms with Gasteiger partial charge in [-0.1, -0.05) is 103 Å². The van der Waals surface area contributed by atoms with Crippen LogP contribution in [0.3, 0.4) is 0 Å². The molecule has 0 saturated carbocycles. The van der Waals surface area contributed by atoms with Crippen LogP contribution in [0, 0.1) is 5.92 Å². The van der Waals surface area contributed by atoms with Gasteiger partial charge in [-0.05, 0) is 18.8 Å². The third-order valence-corrected chi connectivity index (χ3v) is 4.78. The van der Waals surface area contributed by atoms with Crippen LogP contribution < -0.4 is 0 Å². The fraction of sp³-hybridized carbons (Fsp3) is 0.857. The highest BCUT2D eigenvalue weighted by Gasteiger charge is 1.98. The highest BCUT2D eigenvalue weighted by Crippen LogP contribution is 2.15. The first-order chi connectivity index (χ1) is 11.2. The predicted octanol–water partition coefficient (Wildman–Crippen LogP) is 7.13. The van der Waals surface area contributed by atoms with Crippen molar-refractivity contribution in [2.75, 3.05) is 0 Å². The molecule has 23 heavy (non-hydrogen) atoms. The number of carboxylic acids is 1. The molecule has 0 aliphatic rings. The van der Waals surface area contributed by atoms with Gasteiger partial charge >= 0.3 is 5.97 Å². The topological polar surface area (TPSA) is 37.3 Å². The van der Waals surface area contributed by atoms with Crippen LogP contribution in [0.2, 0.25) is 0 Å². The van der Waals surface area contributed by atoms with E-state index in [1.807, 2.05) is 0 Å². The summed E-state index contributed by atoms with van der Waals surface area (Å²) in [6.45, 7) is 4.66. The molecule has 2 heteroatoms. The number of allylic oxidation sites excluding steroid dienone is 1. The molecule has 1 atom stereocenters. The van der Waals surface area contributed by atoms with Crippen molar-refractivity contribution >= 4 is 5.97 Å². The molecule has 0 aromatic carbocycles. The van der Waals surface area contributed by atoms with Crippen molar-refractivity contribution in [3.05, 3.63) is 12.2 Å². The van der Waals surface area contributed by atoms with E-state index >= 15 is 0 Å². The summed E-state index contributed by atoms with van der Waals surface area (Å²) in [6.07, 6.45) is 23.0. The second-order valence-electron chi connectivity index (χ2n) is 7.07. The van der Waals surface area contributed by atoms with Crippen LogP contribution in [-0.4, -0.2) is 11.1 Å². The minimum Gasteiger partial charge on any atom is -0.478 e. The average molecular weight is 325 g/mol. The van der Waals surface area contributed by atoms with Gasteiger partial charge in [0.25, 0.3) is 0 Å². The maximum Gasteiger partial charge on any atom is 0.327 e. The summed E-state index contributed by atoms with van der Waals surface area (Å²) in [7, 11) is 0. The molecule has 0 aliphatic heterocycles. The summed E-state index contributed by atoms with van der Waals surface area (Å²) in [6, 6.07) is 0. The molecule has 0 heterocycles. The Morgan fingerprint density at radius 1 is 0.826 bits per heavy atom. The lowest BCUT2D eigenvalue weighted by molar-refractivity contribution is -0.131. The van der Waals surface area contributed by atoms with Crippen molar-refractivity contribution < 1.29 is 9.90 Å². The van der Waals surface area contributed by atoms with Crippen LogP contribution in [-0.2, 0) is 4.79 Å². The predicted molar refractivity (Wildman–Crippen MR) is 101 cm³/mol. The average Bonchev–Trinajstić information content (AvgIpc) is 2.53. The number of unbranched alkanes of at least 4 members (excludes halogenated alkanes) is 12. The van der Waals surface area contributed by atoms with E-state index in [9.17, 15) is 4.79 Å². The normalized spacial score (nSPS) is 12.8. The van der Waals surface area contributed by atoms with Crippen molar-refractivity contribution in [3.63, 3.8) is 0 Å². The first-order valence-electron chi connectivity index (χ1n) is 10.1. The Labute approximate surface area is 144 Å². The zero-order valence-corrected chi connectivity index (χ0v) is 15.7. The lowest BCUT2D eigenvalue weighted by Crippen LogP contribution is -1.91. The number of aliphatic carboxylic acids is 1. The minimum atomic E-state index is -0.833. The Bertz CT molecular complexity index is 284. The molecule has 0 bridgehead atoms. The van der Waals surface area contributed by atoms with Gasteiger partial charge in [-0.25, -0.2) is 4.79 Å². The van der Waals surface area contributed by atoms with Crippen molar-refractivity contribution in [2.45, 2.75) is 110 Å². The van der Waals surface area contributed by atoms with Gasteiger partial charge in [0.1, 0.15) is 0 Å². The second-order valence-corrected chi connectivity index (χ2v) is 7.07. The van der Waals surface area contributed by atoms with E-state index in [0.717, 1.165) is 18.8 Å². The van der Waals surface area contributed by atoms with E-state index in [-0.39, 0.29) is 0 Å². The van der Waals surface area contributed by atoms with Crippen molar-refractivity contribution in [3.8, 4) is 0 Å². The summed E-state index contributed by atoms with van der Waals surface area (Å²) in [5, 5.41) is 8.46. The SMILES string of the molecule is CCC(C)CCCCCCCCCCCCCCC=CC(=O)O. The van der Waals surface area contributed by atoms with Crippen LogP contribution in [0.25, 0.3) is 0 Å². The maximum absolute atomic E-state index is 10.3. The van der Waals surface area contributed by atoms with Gasteiger partial charge in [0, 0.05) is 6.08 Å². The second kappa shape index (κ2) is 17.6. The molecule has 136 valence electrons. The summed E-state index contributed by atoms with van der Waals surface area (Å²) < 4.78 is 0. The highest BCUT2D eigenvalue weighted by atomic mass is 16.4. The molecule has 0 aromatic rings. The minimum absolute atomic E-state index is 0.833. The maximum atomic E-state index is 10.3. The number of hydrogen-bond donors (Lipinski definition) is 1. The number of hydrogen-bond acceptors (Lipinski definition) is 1. The largest absolute Gasteiger partial charge is 0.478 e. The summed E-state index contributed by atoms with van der Waals surface area (Å²) >= 11 is 0. The highest BCUT2D eigenvalue weighted by molar-refractivity contribution is 5.79. The smallest absolute Gasteiger partial charge is 0.327 e. The molecule has 0 radical (unpaired) electrons. The number of carboxylic acid groups (broad SMARTS) is 1. The van der Waals surface area contributed by atoms with Gasteiger partial charge in [-0.2, -0.15) is 0 Å². The van der Waals surface area contributed by atoms with Crippen molar-refractivity contribution in [1.29, 1.82) is 0 Å². The van der Waals surface area contributed by atoms with E-state index in [1.165, 1.54) is 89.5 Å². The molecule has 0 aliphatic carbocycles. The Kier molecular flexibility index (Phi) is 17.0. The van der Waals surface area contributed by atoms with Gasteiger partial charge in [0.2, 0.25) is 0 Å². The molecular weight excluding hydrogens is 284 g/mol. The first kappa shape index (κ1) is 22.2. The van der Waals surface area contributed by atoms with Crippen LogP contribution >= 0.6 is 0 Å². The molecule has 0 saturated heterocycles. The molecule has 0 rings (SSSR count). The fourth-order valence-corrected chi connectivity index (χ4v) is 2.91. The number of rotatable bonds is 17. The van der Waals surface area contributed by atoms with E-state index in [2.05, 4.69) is 13.8 Å². The Hall–Kier alpha value is -0.790. The molecule has 0 aromatic heterocycles. The third-order valence-electron chi connectivity index (χ3n) is 4.78. The van der Waals surface area contributed by atoms with Gasteiger partial charge in [-0.3, -0.25) is 0 Å². The van der Waals surface area contributed by atoms with Crippen molar-refractivity contribution in [2.24, 2.45) is 5.92 Å². The lowest BCUT2D eigenvalue weighted by Gasteiger charge is -2.07. The first-order valence-corrected chi connectivity index (χ1v) is 10.1. The van der Waals surface area contributed by atoms with E-state index in [0.29, 0.717) is 0 Å². The van der Waals surface area contributed by atoms with Crippen LogP contribution in [0.5, 0.6) is 0 Å². The Balaban J connectivity index is 3.07. The van der Waals surface area contributed by atoms with Gasteiger partial charge in [0.15, 0.2) is 0 Å². The van der Waals surface area contributed by atoms with E-state index in [1.54, 1.807) is 6.08 Å². The van der Waals surface area contributed by atoms with Gasteiger partial charge in [-0.15, -0.1) is 0 Å². The Morgan fingerprint density at radius 3 is 1.70 bits per heavy atom. The summed E-state index contributed by atoms with van der Waals surface area (Å²) in [5.74, 6) is 0.0868. The zero-order valence-electron chi connectivity index (χ0n) is 15.7. The van der Waals surface area contributed by atoms with Crippen LogP contribution in [0.15, 0.2) is 12.2 Å².